The van der Waals surface area contributed by atoms with Crippen LogP contribution in [0.2, 0.25) is 0 Å². The van der Waals surface area contributed by atoms with Gasteiger partial charge in [0.15, 0.2) is 0 Å². The molecule has 0 spiro atoms. The number of ether oxygens (including phenoxy) is 1. The lowest BCUT2D eigenvalue weighted by molar-refractivity contribution is 0.0948. The van der Waals surface area contributed by atoms with Gasteiger partial charge in [-0.2, -0.15) is 0 Å². The number of hydrogen-bond donors (Lipinski definition) is 1. The van der Waals surface area contributed by atoms with Crippen LogP contribution in [0, 0.1) is 0 Å². The van der Waals surface area contributed by atoms with Crippen LogP contribution in [0.25, 0.3) is 0 Å². The average Bonchev–Trinajstić information content (AvgIpc) is 2.72. The van der Waals surface area contributed by atoms with Crippen LogP contribution in [0.1, 0.15) is 28.4 Å². The topological polar surface area (TPSA) is 38.3 Å². The molecule has 1 amide bonds. The number of carbonyl (C=O) groups excluding carboxylic acids is 1. The normalized spacial score (nSPS) is 10.4. The second kappa shape index (κ2) is 9.83. The van der Waals surface area contributed by atoms with Gasteiger partial charge in [-0.25, -0.2) is 0 Å². The lowest BCUT2D eigenvalue weighted by Gasteiger charge is -2.11. The highest BCUT2D eigenvalue weighted by Gasteiger charge is 2.11. The zero-order valence-electron chi connectivity index (χ0n) is 15.4. The SMILES string of the molecule is CCOc1cccc(CNC(=O)c2ccccc2SCc2ccccc2)c1. The fraction of sp³-hybridized carbons (Fsp3) is 0.174. The highest BCUT2D eigenvalue weighted by Crippen LogP contribution is 2.26. The Bertz CT molecular complexity index is 880. The first-order valence-electron chi connectivity index (χ1n) is 9.02. The molecule has 0 radical (unpaired) electrons. The molecule has 3 aromatic carbocycles. The van der Waals surface area contributed by atoms with Gasteiger partial charge in [0.2, 0.25) is 0 Å². The Morgan fingerprint density at radius 3 is 2.48 bits per heavy atom. The van der Waals surface area contributed by atoms with Gasteiger partial charge in [0, 0.05) is 17.2 Å². The van der Waals surface area contributed by atoms with E-state index in [0.29, 0.717) is 18.7 Å². The van der Waals surface area contributed by atoms with Crippen LogP contribution >= 0.6 is 11.8 Å². The number of benzene rings is 3. The lowest BCUT2D eigenvalue weighted by atomic mass is 10.2. The van der Waals surface area contributed by atoms with Crippen LogP contribution in [0.5, 0.6) is 5.75 Å². The van der Waals surface area contributed by atoms with Crippen LogP contribution in [0.3, 0.4) is 0 Å². The smallest absolute Gasteiger partial charge is 0.252 e. The van der Waals surface area contributed by atoms with Gasteiger partial charge in [0.25, 0.3) is 5.91 Å². The van der Waals surface area contributed by atoms with Crippen molar-refractivity contribution >= 4 is 17.7 Å². The van der Waals surface area contributed by atoms with Crippen LogP contribution in [0.15, 0.2) is 83.8 Å². The number of hydrogen-bond acceptors (Lipinski definition) is 3. The van der Waals surface area contributed by atoms with Crippen molar-refractivity contribution in [2.45, 2.75) is 24.1 Å². The number of nitrogens with one attached hydrogen (secondary N) is 1. The van der Waals surface area contributed by atoms with E-state index in [-0.39, 0.29) is 5.91 Å². The Labute approximate surface area is 164 Å². The minimum absolute atomic E-state index is 0.0621. The standard InChI is InChI=1S/C23H23NO2S/c1-2-26-20-12-8-11-19(15-20)16-24-23(25)21-13-6-7-14-22(21)27-17-18-9-4-3-5-10-18/h3-15H,2,16-17H2,1H3,(H,24,25). The van der Waals surface area contributed by atoms with Crippen molar-refractivity contribution in [2.75, 3.05) is 6.61 Å². The summed E-state index contributed by atoms with van der Waals surface area (Å²) in [6, 6.07) is 25.8. The Hall–Kier alpha value is -2.72. The number of thioether (sulfide) groups is 1. The van der Waals surface area contributed by atoms with E-state index in [1.54, 1.807) is 11.8 Å². The Morgan fingerprint density at radius 2 is 1.67 bits per heavy atom. The van der Waals surface area contributed by atoms with E-state index < -0.39 is 0 Å². The first-order chi connectivity index (χ1) is 13.3. The van der Waals surface area contributed by atoms with Crippen molar-refractivity contribution in [1.29, 1.82) is 0 Å². The molecule has 27 heavy (non-hydrogen) atoms. The van der Waals surface area contributed by atoms with E-state index in [1.807, 2.05) is 73.7 Å². The summed E-state index contributed by atoms with van der Waals surface area (Å²) in [4.78, 5) is 13.7. The molecule has 0 saturated heterocycles. The highest BCUT2D eigenvalue weighted by molar-refractivity contribution is 7.98. The first kappa shape index (κ1) is 19.1. The molecule has 0 unspecified atom stereocenters. The molecule has 0 atom stereocenters. The van der Waals surface area contributed by atoms with Gasteiger partial charge >= 0.3 is 0 Å². The molecule has 4 heteroatoms. The summed E-state index contributed by atoms with van der Waals surface area (Å²) in [5, 5.41) is 3.02. The Morgan fingerprint density at radius 1 is 0.926 bits per heavy atom. The average molecular weight is 378 g/mol. The molecular formula is C23H23NO2S. The molecule has 138 valence electrons. The van der Waals surface area contributed by atoms with Crippen LogP contribution in [0.4, 0.5) is 0 Å². The molecule has 3 rings (SSSR count). The van der Waals surface area contributed by atoms with Gasteiger partial charge in [0.1, 0.15) is 5.75 Å². The molecule has 1 N–H and O–H groups in total. The van der Waals surface area contributed by atoms with Gasteiger partial charge < -0.3 is 10.1 Å². The van der Waals surface area contributed by atoms with E-state index in [1.165, 1.54) is 5.56 Å². The highest BCUT2D eigenvalue weighted by atomic mass is 32.2. The molecular weight excluding hydrogens is 354 g/mol. The van der Waals surface area contributed by atoms with Gasteiger partial charge in [-0.05, 0) is 42.3 Å². The second-order valence-corrected chi connectivity index (χ2v) is 7.05. The zero-order valence-corrected chi connectivity index (χ0v) is 16.2. The summed E-state index contributed by atoms with van der Waals surface area (Å²) >= 11 is 1.68. The van der Waals surface area contributed by atoms with E-state index in [4.69, 9.17) is 4.74 Å². The van der Waals surface area contributed by atoms with Gasteiger partial charge in [-0.15, -0.1) is 11.8 Å². The summed E-state index contributed by atoms with van der Waals surface area (Å²) in [7, 11) is 0. The number of carbonyl (C=O) groups is 1. The molecule has 0 bridgehead atoms. The van der Waals surface area contributed by atoms with Gasteiger partial charge in [0.05, 0.1) is 12.2 Å². The van der Waals surface area contributed by atoms with Crippen LogP contribution in [-0.2, 0) is 12.3 Å². The third-order valence-corrected chi connectivity index (χ3v) is 5.18. The molecule has 0 aliphatic carbocycles. The molecule has 0 saturated carbocycles. The summed E-state index contributed by atoms with van der Waals surface area (Å²) in [5.41, 5.74) is 2.97. The number of amides is 1. The van der Waals surface area contributed by atoms with Gasteiger partial charge in [-0.3, -0.25) is 4.79 Å². The molecule has 0 aliphatic heterocycles. The molecule has 0 fully saturated rings. The summed E-state index contributed by atoms with van der Waals surface area (Å²) in [5.74, 6) is 1.60. The molecule has 0 heterocycles. The maximum Gasteiger partial charge on any atom is 0.252 e. The first-order valence-corrected chi connectivity index (χ1v) is 10.0. The second-order valence-electron chi connectivity index (χ2n) is 6.03. The maximum absolute atomic E-state index is 12.7. The van der Waals surface area contributed by atoms with E-state index in [2.05, 4.69) is 17.4 Å². The third-order valence-electron chi connectivity index (χ3n) is 4.03. The monoisotopic (exact) mass is 377 g/mol. The zero-order chi connectivity index (χ0) is 18.9. The number of rotatable bonds is 8. The van der Waals surface area contributed by atoms with E-state index in [9.17, 15) is 4.79 Å². The third kappa shape index (κ3) is 5.63. The summed E-state index contributed by atoms with van der Waals surface area (Å²) < 4.78 is 5.52. The Balaban J connectivity index is 1.63. The largest absolute Gasteiger partial charge is 0.494 e. The molecule has 0 aliphatic rings. The fourth-order valence-electron chi connectivity index (χ4n) is 2.70. The van der Waals surface area contributed by atoms with Crippen molar-refractivity contribution in [3.8, 4) is 5.75 Å². The van der Waals surface area contributed by atoms with Crippen LogP contribution < -0.4 is 10.1 Å². The minimum Gasteiger partial charge on any atom is -0.494 e. The molecule has 3 nitrogen and oxygen atoms in total. The Kier molecular flexibility index (Phi) is 6.94. The van der Waals surface area contributed by atoms with Gasteiger partial charge in [-0.1, -0.05) is 54.6 Å². The van der Waals surface area contributed by atoms with Crippen molar-refractivity contribution in [3.05, 3.63) is 95.6 Å². The van der Waals surface area contributed by atoms with Crippen LogP contribution in [-0.4, -0.2) is 12.5 Å². The summed E-state index contributed by atoms with van der Waals surface area (Å²) in [6.45, 7) is 3.05. The lowest BCUT2D eigenvalue weighted by Crippen LogP contribution is -2.23. The fourth-order valence-corrected chi connectivity index (χ4v) is 3.71. The van der Waals surface area contributed by atoms with E-state index in [0.717, 1.165) is 22.0 Å². The van der Waals surface area contributed by atoms with Crippen molar-refractivity contribution < 1.29 is 9.53 Å². The van der Waals surface area contributed by atoms with E-state index >= 15 is 0 Å². The van der Waals surface area contributed by atoms with Crippen molar-refractivity contribution in [2.24, 2.45) is 0 Å². The quantitative estimate of drug-likeness (QED) is 0.541. The molecule has 0 aromatic heterocycles. The maximum atomic E-state index is 12.7. The van der Waals surface area contributed by atoms with Crippen molar-refractivity contribution in [3.63, 3.8) is 0 Å². The minimum atomic E-state index is -0.0621. The predicted molar refractivity (Wildman–Crippen MR) is 111 cm³/mol. The van der Waals surface area contributed by atoms with Crippen molar-refractivity contribution in [1.82, 2.24) is 5.32 Å². The summed E-state index contributed by atoms with van der Waals surface area (Å²) in [6.07, 6.45) is 0. The molecule has 3 aromatic rings. The predicted octanol–water partition coefficient (Wildman–Crippen LogP) is 5.31.